The molecule has 6 heterocycles. The number of aryl methyl sites for hydroxylation is 6. The maximum Gasteiger partial charge on any atom is 0.260 e. The molecule has 63 heavy (non-hydrogen) atoms. The molecule has 6 nitrogen and oxygen atoms in total. The van der Waals surface area contributed by atoms with Crippen LogP contribution in [0.15, 0.2) is 121 Å². The third-order valence-electron chi connectivity index (χ3n) is 14.2. The van der Waals surface area contributed by atoms with E-state index in [1.807, 2.05) is 0 Å². The predicted molar refractivity (Wildman–Crippen MR) is 259 cm³/mol. The second kappa shape index (κ2) is 12.2. The van der Waals surface area contributed by atoms with Crippen LogP contribution in [0.4, 0.5) is 28.4 Å². The van der Waals surface area contributed by atoms with Crippen LogP contribution in [0.25, 0.3) is 0 Å². The summed E-state index contributed by atoms with van der Waals surface area (Å²) in [4.78, 5) is 2.49. The molecular formula is C54H39B3N2O4. The molecule has 0 radical (unpaired) electrons. The second-order valence-electron chi connectivity index (χ2n) is 18.5. The monoisotopic (exact) mass is 812 g/mol. The van der Waals surface area contributed by atoms with Crippen LogP contribution in [0.2, 0.25) is 0 Å². The SMILES string of the molecule is Cc1cc(C)c(N2c3cc4c(cc3B3c5cc6c(cc5Oc5cc(C)cc2c53)Nc2cc(C)cc3c2B6c2ccccc2O3)B2c3ccccc3Oc3cc(C)cc(c32)O4)c(C)c1. The van der Waals surface area contributed by atoms with Gasteiger partial charge in [-0.3, -0.25) is 0 Å². The molecule has 0 spiro atoms. The highest BCUT2D eigenvalue weighted by Gasteiger charge is 2.48. The van der Waals surface area contributed by atoms with Gasteiger partial charge in [0.05, 0.1) is 5.69 Å². The van der Waals surface area contributed by atoms with Crippen molar-refractivity contribution in [3.8, 4) is 46.0 Å². The molecule has 0 atom stereocenters. The molecule has 0 bridgehead atoms. The summed E-state index contributed by atoms with van der Waals surface area (Å²) in [6, 6.07) is 44.4. The summed E-state index contributed by atoms with van der Waals surface area (Å²) in [5.41, 5.74) is 23.1. The van der Waals surface area contributed by atoms with Crippen molar-refractivity contribution in [1.29, 1.82) is 0 Å². The van der Waals surface area contributed by atoms with Crippen LogP contribution in [-0.4, -0.2) is 20.1 Å². The Labute approximate surface area is 367 Å². The van der Waals surface area contributed by atoms with Crippen molar-refractivity contribution in [2.45, 2.75) is 41.5 Å². The van der Waals surface area contributed by atoms with E-state index in [1.54, 1.807) is 0 Å². The van der Waals surface area contributed by atoms with E-state index in [9.17, 15) is 0 Å². The number of fused-ring (bicyclic) bond motifs is 12. The smallest absolute Gasteiger partial charge is 0.260 e. The van der Waals surface area contributed by atoms with Crippen LogP contribution in [0.5, 0.6) is 46.0 Å². The predicted octanol–water partition coefficient (Wildman–Crippen LogP) is 7.35. The van der Waals surface area contributed by atoms with Gasteiger partial charge in [-0.25, -0.2) is 0 Å². The van der Waals surface area contributed by atoms with E-state index in [4.69, 9.17) is 18.9 Å². The molecule has 0 saturated carbocycles. The van der Waals surface area contributed by atoms with Gasteiger partial charge in [0, 0.05) is 40.3 Å². The quantitative estimate of drug-likeness (QED) is 0.175. The second-order valence-corrected chi connectivity index (χ2v) is 18.5. The first kappa shape index (κ1) is 35.4. The summed E-state index contributed by atoms with van der Waals surface area (Å²) < 4.78 is 27.5. The van der Waals surface area contributed by atoms with E-state index in [2.05, 4.69) is 173 Å². The maximum atomic E-state index is 7.19. The Hall–Kier alpha value is -7.25. The minimum atomic E-state index is -0.143. The number of nitrogens with one attached hydrogen (secondary N) is 1. The molecule has 0 fully saturated rings. The molecule has 8 aromatic carbocycles. The Bertz CT molecular complexity index is 3430. The number of para-hydroxylation sites is 2. The van der Waals surface area contributed by atoms with Gasteiger partial charge in [0.1, 0.15) is 46.0 Å². The Kier molecular flexibility index (Phi) is 6.86. The van der Waals surface area contributed by atoms with Gasteiger partial charge in [-0.1, -0.05) is 66.2 Å². The van der Waals surface area contributed by atoms with Gasteiger partial charge >= 0.3 is 0 Å². The first-order chi connectivity index (χ1) is 30.6. The van der Waals surface area contributed by atoms with Crippen molar-refractivity contribution in [1.82, 2.24) is 0 Å². The van der Waals surface area contributed by atoms with Gasteiger partial charge in [0.15, 0.2) is 0 Å². The Morgan fingerprint density at radius 1 is 0.365 bits per heavy atom. The maximum absolute atomic E-state index is 7.19. The molecular weight excluding hydrogens is 773 g/mol. The number of hydrogen-bond acceptors (Lipinski definition) is 6. The number of rotatable bonds is 1. The summed E-state index contributed by atoms with van der Waals surface area (Å²) in [6.07, 6.45) is 0. The van der Waals surface area contributed by atoms with Crippen LogP contribution in [0, 0.1) is 41.5 Å². The van der Waals surface area contributed by atoms with Gasteiger partial charge in [-0.05, 0) is 162 Å². The molecule has 14 rings (SSSR count). The number of hydrogen-bond donors (Lipinski definition) is 1. The zero-order chi connectivity index (χ0) is 42.2. The largest absolute Gasteiger partial charge is 0.458 e. The topological polar surface area (TPSA) is 52.2 Å². The summed E-state index contributed by atoms with van der Waals surface area (Å²) in [5.74, 6) is 7.01. The van der Waals surface area contributed by atoms with E-state index in [0.29, 0.717) is 0 Å². The Morgan fingerprint density at radius 2 is 0.857 bits per heavy atom. The zero-order valence-electron chi connectivity index (χ0n) is 35.9. The minimum Gasteiger partial charge on any atom is -0.458 e. The summed E-state index contributed by atoms with van der Waals surface area (Å²) in [7, 11) is 0. The van der Waals surface area contributed by atoms with Crippen molar-refractivity contribution in [3.63, 3.8) is 0 Å². The standard InChI is InChI=1S/C54H39B3N2O4/c1-27-15-31(5)54(32(6)16-27)59-41-26-46-38(56-34-12-8-10-14-44(34)61-49-21-30(4)22-50(63-46)53(49)56)24-36(41)57-37-23-35-39(25-45(37)62-48-20-29(3)18-42(59)52(48)57)58-40-17-28(2)19-47-51(40)55(35)33-11-7-9-13-43(33)60-47/h7-26,58H,1-6H3. The summed E-state index contributed by atoms with van der Waals surface area (Å²) in [6.45, 7) is 12.8. The van der Waals surface area contributed by atoms with Crippen molar-refractivity contribution in [3.05, 3.63) is 155 Å². The molecule has 0 unspecified atom stereocenters. The first-order valence-corrected chi connectivity index (χ1v) is 22.0. The fourth-order valence-electron chi connectivity index (χ4n) is 11.9. The molecule has 9 heteroatoms. The van der Waals surface area contributed by atoms with Gasteiger partial charge in [0.25, 0.3) is 20.1 Å². The van der Waals surface area contributed by atoms with Crippen molar-refractivity contribution >= 4 is 97.7 Å². The lowest BCUT2D eigenvalue weighted by Crippen LogP contribution is -2.64. The lowest BCUT2D eigenvalue weighted by molar-refractivity contribution is 0.464. The molecule has 1 N–H and O–H groups in total. The lowest BCUT2D eigenvalue weighted by Gasteiger charge is -2.43. The van der Waals surface area contributed by atoms with Gasteiger partial charge in [-0.15, -0.1) is 0 Å². The highest BCUT2D eigenvalue weighted by atomic mass is 16.5. The van der Waals surface area contributed by atoms with Gasteiger partial charge in [-0.2, -0.15) is 0 Å². The molecule has 6 aliphatic rings. The fraction of sp³-hybridized carbons (Fsp3) is 0.111. The van der Waals surface area contributed by atoms with E-state index in [1.165, 1.54) is 49.7 Å². The van der Waals surface area contributed by atoms with Crippen molar-refractivity contribution in [2.24, 2.45) is 0 Å². The molecule has 6 aliphatic heterocycles. The van der Waals surface area contributed by atoms with Crippen LogP contribution in [0.3, 0.4) is 0 Å². The van der Waals surface area contributed by atoms with E-state index < -0.39 is 0 Å². The van der Waals surface area contributed by atoms with Gasteiger partial charge < -0.3 is 29.2 Å². The van der Waals surface area contributed by atoms with Crippen LogP contribution < -0.4 is 78.3 Å². The Morgan fingerprint density at radius 3 is 1.52 bits per heavy atom. The highest BCUT2D eigenvalue weighted by Crippen LogP contribution is 2.46. The normalized spacial score (nSPS) is 14.4. The average molecular weight is 812 g/mol. The summed E-state index contributed by atoms with van der Waals surface area (Å²) in [5, 5.41) is 3.85. The van der Waals surface area contributed by atoms with Gasteiger partial charge in [0.2, 0.25) is 0 Å². The van der Waals surface area contributed by atoms with Crippen LogP contribution in [0.1, 0.15) is 33.4 Å². The van der Waals surface area contributed by atoms with E-state index >= 15 is 0 Å². The number of benzene rings is 8. The third-order valence-corrected chi connectivity index (χ3v) is 14.2. The third kappa shape index (κ3) is 4.77. The molecule has 8 aromatic rings. The molecule has 0 aliphatic carbocycles. The number of nitrogens with zero attached hydrogens (tertiary/aromatic N) is 1. The molecule has 0 amide bonds. The van der Waals surface area contributed by atoms with E-state index in [0.717, 1.165) is 107 Å². The fourth-order valence-corrected chi connectivity index (χ4v) is 11.9. The molecule has 0 aromatic heterocycles. The lowest BCUT2D eigenvalue weighted by atomic mass is 9.30. The zero-order valence-corrected chi connectivity index (χ0v) is 35.9. The average Bonchev–Trinajstić information content (AvgIpc) is 3.25. The van der Waals surface area contributed by atoms with Crippen LogP contribution >= 0.6 is 0 Å². The summed E-state index contributed by atoms with van der Waals surface area (Å²) >= 11 is 0. The van der Waals surface area contributed by atoms with Crippen molar-refractivity contribution < 1.29 is 18.9 Å². The minimum absolute atomic E-state index is 0.0209. The number of ether oxygens (including phenoxy) is 4. The Balaban J connectivity index is 1.06. The van der Waals surface area contributed by atoms with Crippen molar-refractivity contribution in [2.75, 3.05) is 10.2 Å². The molecule has 298 valence electrons. The highest BCUT2D eigenvalue weighted by molar-refractivity contribution is 7.03. The van der Waals surface area contributed by atoms with E-state index in [-0.39, 0.29) is 20.1 Å². The first-order valence-electron chi connectivity index (χ1n) is 22.0. The number of anilines is 5. The molecule has 0 saturated heterocycles. The van der Waals surface area contributed by atoms with Crippen LogP contribution in [-0.2, 0) is 0 Å².